The molecule has 4 aromatic rings. The highest BCUT2D eigenvalue weighted by Crippen LogP contribution is 2.40. The number of carbonyl (C=O) groups is 1. The lowest BCUT2D eigenvalue weighted by Gasteiger charge is -2.21. The van der Waals surface area contributed by atoms with Crippen molar-refractivity contribution in [1.82, 2.24) is 4.90 Å². The molecule has 0 saturated carbocycles. The summed E-state index contributed by atoms with van der Waals surface area (Å²) in [5.74, 6) is 1.57. The summed E-state index contributed by atoms with van der Waals surface area (Å²) in [4.78, 5) is 15.8. The number of hydrogen-bond donors (Lipinski definition) is 1. The molecule has 1 amide bonds. The van der Waals surface area contributed by atoms with Crippen molar-refractivity contribution in [2.24, 2.45) is 0 Å². The summed E-state index contributed by atoms with van der Waals surface area (Å²) in [5.41, 5.74) is 5.29. The molecule has 7 heteroatoms. The lowest BCUT2D eigenvalue weighted by atomic mass is 9.96. The van der Waals surface area contributed by atoms with E-state index >= 15 is 0 Å². The van der Waals surface area contributed by atoms with Gasteiger partial charge in [-0.1, -0.05) is 18.2 Å². The molecule has 36 heavy (non-hydrogen) atoms. The number of anilines is 1. The van der Waals surface area contributed by atoms with Gasteiger partial charge in [0.05, 0.1) is 12.8 Å². The number of thiophene rings is 1. The van der Waals surface area contributed by atoms with Crippen LogP contribution in [0.25, 0.3) is 21.2 Å². The summed E-state index contributed by atoms with van der Waals surface area (Å²) in [6, 6.07) is 17.5. The first-order valence-electron chi connectivity index (χ1n) is 12.1. The largest absolute Gasteiger partial charge is 0.508 e. The summed E-state index contributed by atoms with van der Waals surface area (Å²) in [6.07, 6.45) is 2.74. The number of benzene rings is 3. The van der Waals surface area contributed by atoms with Gasteiger partial charge in [0, 0.05) is 37.3 Å². The van der Waals surface area contributed by atoms with E-state index in [1.165, 1.54) is 28.9 Å². The van der Waals surface area contributed by atoms with E-state index in [2.05, 4.69) is 28.5 Å². The molecular weight excluding hydrogens is 472 g/mol. The Bertz CT molecular complexity index is 1410. The van der Waals surface area contributed by atoms with Crippen LogP contribution in [-0.4, -0.2) is 50.4 Å². The van der Waals surface area contributed by atoms with Crippen molar-refractivity contribution in [3.63, 3.8) is 0 Å². The van der Waals surface area contributed by atoms with Crippen LogP contribution in [0.15, 0.2) is 60.0 Å². The molecule has 0 bridgehead atoms. The summed E-state index contributed by atoms with van der Waals surface area (Å²) in [7, 11) is 5.03. The van der Waals surface area contributed by atoms with E-state index in [1.54, 1.807) is 50.7 Å². The molecular formula is C29H30N2O4S. The highest BCUT2D eigenvalue weighted by atomic mass is 32.1. The van der Waals surface area contributed by atoms with E-state index in [0.29, 0.717) is 5.75 Å². The minimum absolute atomic E-state index is 0.207. The maximum Gasteiger partial charge on any atom is 0.414 e. The Hall–Kier alpha value is -3.71. The number of fused-ring (bicyclic) bond motifs is 1. The van der Waals surface area contributed by atoms with Gasteiger partial charge in [-0.3, -0.25) is 0 Å². The SMILES string of the molecule is COc1cc(Cc2csc3cc(O)cc(-c4cccc(OC(=O)N(C)C)c4)c23)ccc1N1CCCC1. The number of carbonyl (C=O) groups excluding carboxylic acids is 1. The first-order chi connectivity index (χ1) is 17.4. The second-order valence-corrected chi connectivity index (χ2v) is 10.2. The molecule has 3 aromatic carbocycles. The molecule has 2 heterocycles. The minimum Gasteiger partial charge on any atom is -0.508 e. The number of amides is 1. The minimum atomic E-state index is -0.434. The Morgan fingerprint density at radius 3 is 2.64 bits per heavy atom. The predicted molar refractivity (Wildman–Crippen MR) is 146 cm³/mol. The smallest absolute Gasteiger partial charge is 0.414 e. The maximum absolute atomic E-state index is 12.1. The van der Waals surface area contributed by atoms with Gasteiger partial charge in [-0.15, -0.1) is 11.3 Å². The molecule has 1 aliphatic rings. The van der Waals surface area contributed by atoms with Gasteiger partial charge in [0.1, 0.15) is 17.2 Å². The third kappa shape index (κ3) is 4.84. The number of aromatic hydroxyl groups is 1. The Labute approximate surface area is 215 Å². The number of ether oxygens (including phenoxy) is 2. The Morgan fingerprint density at radius 1 is 1.08 bits per heavy atom. The Balaban J connectivity index is 1.51. The van der Waals surface area contributed by atoms with E-state index in [9.17, 15) is 9.90 Å². The number of hydrogen-bond acceptors (Lipinski definition) is 6. The Morgan fingerprint density at radius 2 is 1.89 bits per heavy atom. The normalized spacial score (nSPS) is 13.2. The predicted octanol–water partition coefficient (Wildman–Crippen LogP) is 6.53. The van der Waals surface area contributed by atoms with Gasteiger partial charge in [-0.2, -0.15) is 0 Å². The first-order valence-corrected chi connectivity index (χ1v) is 13.0. The van der Waals surface area contributed by atoms with Crippen molar-refractivity contribution in [2.45, 2.75) is 19.3 Å². The van der Waals surface area contributed by atoms with E-state index in [-0.39, 0.29) is 5.75 Å². The molecule has 1 N–H and O–H groups in total. The van der Waals surface area contributed by atoms with Crippen LogP contribution in [0.4, 0.5) is 10.5 Å². The van der Waals surface area contributed by atoms with Crippen LogP contribution in [-0.2, 0) is 6.42 Å². The molecule has 0 unspecified atom stereocenters. The quantitative estimate of drug-likeness (QED) is 0.325. The monoisotopic (exact) mass is 502 g/mol. The second-order valence-electron chi connectivity index (χ2n) is 9.29. The summed E-state index contributed by atoms with van der Waals surface area (Å²) < 4.78 is 12.2. The number of nitrogens with zero attached hydrogens (tertiary/aromatic N) is 2. The highest BCUT2D eigenvalue weighted by molar-refractivity contribution is 7.17. The molecule has 186 valence electrons. The molecule has 0 spiro atoms. The molecule has 0 radical (unpaired) electrons. The average molecular weight is 503 g/mol. The Kier molecular flexibility index (Phi) is 6.74. The van der Waals surface area contributed by atoms with Crippen LogP contribution in [0.1, 0.15) is 24.0 Å². The molecule has 1 aliphatic heterocycles. The van der Waals surface area contributed by atoms with Gasteiger partial charge in [-0.25, -0.2) is 4.79 Å². The van der Waals surface area contributed by atoms with E-state index in [0.717, 1.165) is 52.2 Å². The van der Waals surface area contributed by atoms with E-state index in [1.807, 2.05) is 18.2 Å². The fourth-order valence-electron chi connectivity index (χ4n) is 4.77. The molecule has 1 aromatic heterocycles. The zero-order chi connectivity index (χ0) is 25.2. The first kappa shape index (κ1) is 24.0. The van der Waals surface area contributed by atoms with Crippen LogP contribution in [0.2, 0.25) is 0 Å². The van der Waals surface area contributed by atoms with Gasteiger partial charge in [-0.05, 0) is 83.3 Å². The van der Waals surface area contributed by atoms with Crippen molar-refractivity contribution in [1.29, 1.82) is 0 Å². The highest BCUT2D eigenvalue weighted by Gasteiger charge is 2.18. The topological polar surface area (TPSA) is 62.2 Å². The van der Waals surface area contributed by atoms with Crippen LogP contribution in [0.5, 0.6) is 17.2 Å². The lowest BCUT2D eigenvalue weighted by Crippen LogP contribution is -2.25. The van der Waals surface area contributed by atoms with Crippen molar-refractivity contribution in [3.05, 3.63) is 71.1 Å². The zero-order valence-electron chi connectivity index (χ0n) is 20.8. The standard InChI is InChI=1S/C29H30N2O4S/c1-30(2)29(33)35-23-8-6-7-20(15-23)24-16-22(32)17-27-28(24)21(18-36-27)13-19-9-10-25(26(14-19)34-3)31-11-4-5-12-31/h6-10,14-18,32H,4-5,11-13H2,1-3H3. The van der Waals surface area contributed by atoms with Gasteiger partial charge in [0.15, 0.2) is 0 Å². The average Bonchev–Trinajstić information content (AvgIpc) is 3.54. The van der Waals surface area contributed by atoms with Crippen molar-refractivity contribution in [3.8, 4) is 28.4 Å². The maximum atomic E-state index is 12.1. The molecule has 0 atom stereocenters. The van der Waals surface area contributed by atoms with Crippen molar-refractivity contribution in [2.75, 3.05) is 39.2 Å². The van der Waals surface area contributed by atoms with Gasteiger partial charge < -0.3 is 24.4 Å². The summed E-state index contributed by atoms with van der Waals surface area (Å²) in [5, 5.41) is 13.7. The zero-order valence-corrected chi connectivity index (χ0v) is 21.6. The van der Waals surface area contributed by atoms with Gasteiger partial charge in [0.2, 0.25) is 0 Å². The second kappa shape index (κ2) is 10.1. The van der Waals surface area contributed by atoms with Gasteiger partial charge >= 0.3 is 6.09 Å². The third-order valence-corrected chi connectivity index (χ3v) is 7.52. The number of methoxy groups -OCH3 is 1. The number of phenols is 1. The third-order valence-electron chi connectivity index (χ3n) is 6.54. The van der Waals surface area contributed by atoms with E-state index in [4.69, 9.17) is 9.47 Å². The van der Waals surface area contributed by atoms with Crippen LogP contribution >= 0.6 is 11.3 Å². The molecule has 5 rings (SSSR count). The fraction of sp³-hybridized carbons (Fsp3) is 0.276. The molecule has 6 nitrogen and oxygen atoms in total. The van der Waals surface area contributed by atoms with Gasteiger partial charge in [0.25, 0.3) is 0 Å². The molecule has 0 aliphatic carbocycles. The molecule has 1 saturated heterocycles. The van der Waals surface area contributed by atoms with Crippen molar-refractivity contribution < 1.29 is 19.4 Å². The van der Waals surface area contributed by atoms with Crippen LogP contribution in [0.3, 0.4) is 0 Å². The van der Waals surface area contributed by atoms with Crippen molar-refractivity contribution >= 4 is 33.2 Å². The van der Waals surface area contributed by atoms with Crippen LogP contribution < -0.4 is 14.4 Å². The number of phenolic OH excluding ortho intramolecular Hbond substituents is 1. The number of rotatable bonds is 6. The lowest BCUT2D eigenvalue weighted by molar-refractivity contribution is 0.172. The summed E-state index contributed by atoms with van der Waals surface area (Å²) in [6.45, 7) is 2.14. The molecule has 1 fully saturated rings. The summed E-state index contributed by atoms with van der Waals surface area (Å²) >= 11 is 1.62. The fourth-order valence-corrected chi connectivity index (χ4v) is 5.78. The van der Waals surface area contributed by atoms with E-state index < -0.39 is 6.09 Å². The van der Waals surface area contributed by atoms with Crippen LogP contribution in [0, 0.1) is 0 Å².